The number of hydrogen-bond acceptors (Lipinski definition) is 1. The van der Waals surface area contributed by atoms with Gasteiger partial charge in [0.2, 0.25) is 0 Å². The second kappa shape index (κ2) is 4.74. The molecule has 0 N–H and O–H groups in total. The molecule has 2 aromatic rings. The number of rotatable bonds is 3. The Balaban J connectivity index is 2.24. The van der Waals surface area contributed by atoms with Crippen LogP contribution in [0.15, 0.2) is 48.8 Å². The molecule has 0 aliphatic heterocycles. The topological polar surface area (TPSA) is 12.9 Å². The van der Waals surface area contributed by atoms with Crippen molar-refractivity contribution in [3.8, 4) is 11.1 Å². The monoisotopic (exact) mass is 197 g/mol. The van der Waals surface area contributed by atoms with E-state index in [0.29, 0.717) is 0 Å². The van der Waals surface area contributed by atoms with Crippen LogP contribution >= 0.6 is 0 Å². The molecule has 1 aromatic heterocycles. The number of aryl methyl sites for hydroxylation is 1. The zero-order valence-electron chi connectivity index (χ0n) is 8.98. The fourth-order valence-corrected chi connectivity index (χ4v) is 1.70. The molecule has 0 aliphatic rings. The maximum atomic E-state index is 4.02. The summed E-state index contributed by atoms with van der Waals surface area (Å²) in [5, 5.41) is 0. The fourth-order valence-electron chi connectivity index (χ4n) is 1.70. The number of benzene rings is 1. The summed E-state index contributed by atoms with van der Waals surface area (Å²) in [6, 6.07) is 12.9. The third-order valence-electron chi connectivity index (χ3n) is 2.51. The Morgan fingerprint density at radius 1 is 0.867 bits per heavy atom. The molecular formula is C14H15N. The second-order valence-corrected chi connectivity index (χ2v) is 3.68. The maximum Gasteiger partial charge on any atom is 0.0273 e. The van der Waals surface area contributed by atoms with Gasteiger partial charge in [-0.2, -0.15) is 0 Å². The summed E-state index contributed by atoms with van der Waals surface area (Å²) in [5.41, 5.74) is 3.90. The lowest BCUT2D eigenvalue weighted by Gasteiger charge is -2.02. The Morgan fingerprint density at radius 2 is 1.47 bits per heavy atom. The fraction of sp³-hybridized carbons (Fsp3) is 0.214. The number of aromatic nitrogens is 1. The van der Waals surface area contributed by atoms with Crippen LogP contribution < -0.4 is 0 Å². The molecule has 0 saturated heterocycles. The minimum Gasteiger partial charge on any atom is -0.265 e. The van der Waals surface area contributed by atoms with Gasteiger partial charge in [-0.3, -0.25) is 4.98 Å². The van der Waals surface area contributed by atoms with Crippen LogP contribution in [0.1, 0.15) is 18.9 Å². The third kappa shape index (κ3) is 2.44. The smallest absolute Gasteiger partial charge is 0.0273 e. The van der Waals surface area contributed by atoms with Gasteiger partial charge in [0.15, 0.2) is 0 Å². The van der Waals surface area contributed by atoms with E-state index >= 15 is 0 Å². The van der Waals surface area contributed by atoms with Crippen molar-refractivity contribution in [1.82, 2.24) is 4.98 Å². The minimum absolute atomic E-state index is 1.16. The maximum absolute atomic E-state index is 4.02. The molecule has 2 rings (SSSR count). The first-order chi connectivity index (χ1) is 7.40. The molecule has 0 atom stereocenters. The predicted molar refractivity (Wildman–Crippen MR) is 63.7 cm³/mol. The zero-order chi connectivity index (χ0) is 10.5. The highest BCUT2D eigenvalue weighted by Crippen LogP contribution is 2.18. The van der Waals surface area contributed by atoms with Crippen LogP contribution in [0.3, 0.4) is 0 Å². The number of hydrogen-bond donors (Lipinski definition) is 0. The highest BCUT2D eigenvalue weighted by atomic mass is 14.6. The van der Waals surface area contributed by atoms with Crippen LogP contribution in [0.4, 0.5) is 0 Å². The Labute approximate surface area is 90.8 Å². The molecule has 0 amide bonds. The van der Waals surface area contributed by atoms with Crippen LogP contribution in [0.5, 0.6) is 0 Å². The lowest BCUT2D eigenvalue weighted by Crippen LogP contribution is -1.83. The van der Waals surface area contributed by atoms with Crippen LogP contribution in [-0.2, 0) is 6.42 Å². The molecule has 0 radical (unpaired) electrons. The Kier molecular flexibility index (Phi) is 3.13. The largest absolute Gasteiger partial charge is 0.265 e. The van der Waals surface area contributed by atoms with Crippen LogP contribution in [0.25, 0.3) is 11.1 Å². The van der Waals surface area contributed by atoms with Gasteiger partial charge in [0.1, 0.15) is 0 Å². The van der Waals surface area contributed by atoms with Gasteiger partial charge >= 0.3 is 0 Å². The molecule has 0 bridgehead atoms. The molecule has 0 saturated carbocycles. The first kappa shape index (κ1) is 9.91. The van der Waals surface area contributed by atoms with E-state index < -0.39 is 0 Å². The Bertz CT molecular complexity index is 403. The minimum atomic E-state index is 1.16. The summed E-state index contributed by atoms with van der Waals surface area (Å²) >= 11 is 0. The molecule has 15 heavy (non-hydrogen) atoms. The number of pyridine rings is 1. The average molecular weight is 197 g/mol. The molecule has 0 aliphatic carbocycles. The average Bonchev–Trinajstić information content (AvgIpc) is 2.32. The van der Waals surface area contributed by atoms with Gasteiger partial charge < -0.3 is 0 Å². The lowest BCUT2D eigenvalue weighted by molar-refractivity contribution is 0.922. The molecule has 1 heterocycles. The summed E-state index contributed by atoms with van der Waals surface area (Å²) in [6.45, 7) is 2.21. The first-order valence-electron chi connectivity index (χ1n) is 5.39. The van der Waals surface area contributed by atoms with E-state index in [0.717, 1.165) is 6.42 Å². The Morgan fingerprint density at radius 3 is 2.07 bits per heavy atom. The third-order valence-corrected chi connectivity index (χ3v) is 2.51. The van der Waals surface area contributed by atoms with Crippen molar-refractivity contribution in [3.05, 3.63) is 54.4 Å². The lowest BCUT2D eigenvalue weighted by atomic mass is 10.0. The molecule has 0 unspecified atom stereocenters. The summed E-state index contributed by atoms with van der Waals surface area (Å²) < 4.78 is 0. The Hall–Kier alpha value is -1.63. The van der Waals surface area contributed by atoms with Gasteiger partial charge in [0.05, 0.1) is 0 Å². The predicted octanol–water partition coefficient (Wildman–Crippen LogP) is 3.70. The second-order valence-electron chi connectivity index (χ2n) is 3.68. The van der Waals surface area contributed by atoms with Gasteiger partial charge in [-0.1, -0.05) is 37.6 Å². The van der Waals surface area contributed by atoms with Crippen LogP contribution in [0.2, 0.25) is 0 Å². The summed E-state index contributed by atoms with van der Waals surface area (Å²) in [6.07, 6.45) is 6.02. The van der Waals surface area contributed by atoms with E-state index in [1.54, 1.807) is 0 Å². The highest BCUT2D eigenvalue weighted by Gasteiger charge is 1.96. The summed E-state index contributed by atoms with van der Waals surface area (Å²) in [4.78, 5) is 4.02. The van der Waals surface area contributed by atoms with Crippen molar-refractivity contribution in [2.24, 2.45) is 0 Å². The molecule has 0 fully saturated rings. The summed E-state index contributed by atoms with van der Waals surface area (Å²) in [5.74, 6) is 0. The SMILES string of the molecule is CCCc1ccc(-c2ccncc2)cc1. The molecule has 1 heteroatoms. The number of nitrogens with zero attached hydrogens (tertiary/aromatic N) is 1. The van der Waals surface area contributed by atoms with Gasteiger partial charge in [-0.15, -0.1) is 0 Å². The van der Waals surface area contributed by atoms with E-state index in [2.05, 4.69) is 36.2 Å². The first-order valence-corrected chi connectivity index (χ1v) is 5.39. The molecule has 1 nitrogen and oxygen atoms in total. The van der Waals surface area contributed by atoms with Crippen LogP contribution in [-0.4, -0.2) is 4.98 Å². The van der Waals surface area contributed by atoms with Crippen molar-refractivity contribution in [3.63, 3.8) is 0 Å². The molecule has 76 valence electrons. The highest BCUT2D eigenvalue weighted by molar-refractivity contribution is 5.62. The van der Waals surface area contributed by atoms with Crippen molar-refractivity contribution in [2.45, 2.75) is 19.8 Å². The molecular weight excluding hydrogens is 182 g/mol. The van der Waals surface area contributed by atoms with Gasteiger partial charge in [-0.05, 0) is 35.2 Å². The normalized spacial score (nSPS) is 10.2. The van der Waals surface area contributed by atoms with Crippen molar-refractivity contribution >= 4 is 0 Å². The van der Waals surface area contributed by atoms with E-state index in [-0.39, 0.29) is 0 Å². The van der Waals surface area contributed by atoms with E-state index in [1.165, 1.54) is 23.1 Å². The molecule has 1 aromatic carbocycles. The van der Waals surface area contributed by atoms with Crippen molar-refractivity contribution in [1.29, 1.82) is 0 Å². The summed E-state index contributed by atoms with van der Waals surface area (Å²) in [7, 11) is 0. The van der Waals surface area contributed by atoms with Gasteiger partial charge in [-0.25, -0.2) is 0 Å². The van der Waals surface area contributed by atoms with Gasteiger partial charge in [0.25, 0.3) is 0 Å². The molecule has 0 spiro atoms. The van der Waals surface area contributed by atoms with Crippen LogP contribution in [0, 0.1) is 0 Å². The van der Waals surface area contributed by atoms with Crippen molar-refractivity contribution in [2.75, 3.05) is 0 Å². The van der Waals surface area contributed by atoms with E-state index in [1.807, 2.05) is 24.5 Å². The van der Waals surface area contributed by atoms with E-state index in [9.17, 15) is 0 Å². The van der Waals surface area contributed by atoms with Crippen molar-refractivity contribution < 1.29 is 0 Å². The quantitative estimate of drug-likeness (QED) is 0.731. The van der Waals surface area contributed by atoms with Gasteiger partial charge in [0, 0.05) is 12.4 Å². The zero-order valence-corrected chi connectivity index (χ0v) is 8.98. The van der Waals surface area contributed by atoms with E-state index in [4.69, 9.17) is 0 Å². The standard InChI is InChI=1S/C14H15N/c1-2-3-12-4-6-13(7-5-12)14-8-10-15-11-9-14/h4-11H,2-3H2,1H3.